The maximum atomic E-state index is 12.3. The molecule has 3 aromatic heterocycles. The van der Waals surface area contributed by atoms with E-state index in [9.17, 15) is 4.79 Å². The van der Waals surface area contributed by atoms with Gasteiger partial charge in [-0.1, -0.05) is 12.1 Å². The molecule has 5 rings (SSSR count). The van der Waals surface area contributed by atoms with Gasteiger partial charge in [0.1, 0.15) is 17.0 Å². The zero-order chi connectivity index (χ0) is 20.0. The van der Waals surface area contributed by atoms with Crippen molar-refractivity contribution >= 4 is 50.1 Å². The first-order chi connectivity index (χ1) is 14.1. The highest BCUT2D eigenvalue weighted by Gasteiger charge is 2.18. The summed E-state index contributed by atoms with van der Waals surface area (Å²) in [6, 6.07) is 11.8. The van der Waals surface area contributed by atoms with Crippen molar-refractivity contribution < 1.29 is 4.79 Å². The third-order valence-electron chi connectivity index (χ3n) is 4.76. The second-order valence-corrected chi connectivity index (χ2v) is 7.63. The van der Waals surface area contributed by atoms with Crippen LogP contribution in [0.3, 0.4) is 0 Å². The van der Waals surface area contributed by atoms with E-state index in [0.29, 0.717) is 17.2 Å². The molecular weight excluding hydrogens is 432 g/mol. The maximum absolute atomic E-state index is 12.3. The van der Waals surface area contributed by atoms with Gasteiger partial charge in [-0.2, -0.15) is 0 Å². The molecule has 7 nitrogen and oxygen atoms in total. The summed E-state index contributed by atoms with van der Waals surface area (Å²) in [7, 11) is 0. The van der Waals surface area contributed by atoms with Gasteiger partial charge in [0.25, 0.3) is 0 Å². The molecule has 142 valence electrons. The van der Waals surface area contributed by atoms with Crippen molar-refractivity contribution in [2.75, 3.05) is 5.32 Å². The van der Waals surface area contributed by atoms with Crippen molar-refractivity contribution in [3.8, 4) is 5.69 Å². The Hall–Kier alpha value is -3.39. The molecule has 1 amide bonds. The quantitative estimate of drug-likeness (QED) is 0.495. The molecule has 29 heavy (non-hydrogen) atoms. The molecule has 4 aromatic rings. The number of hydrogen-bond donors (Lipinski definition) is 1. The fraction of sp³-hybridized carbons (Fsp3) is 0.0952. The second kappa shape index (κ2) is 6.89. The molecule has 0 radical (unpaired) electrons. The first-order valence-corrected chi connectivity index (χ1v) is 9.80. The Kier molecular flexibility index (Phi) is 4.21. The lowest BCUT2D eigenvalue weighted by Crippen LogP contribution is -2.15. The van der Waals surface area contributed by atoms with Crippen LogP contribution in [0, 0.1) is 6.92 Å². The molecule has 0 atom stereocenters. The zero-order valence-electron chi connectivity index (χ0n) is 15.4. The van der Waals surface area contributed by atoms with E-state index in [1.807, 2.05) is 43.3 Å². The van der Waals surface area contributed by atoms with Gasteiger partial charge in [-0.05, 0) is 52.7 Å². The van der Waals surface area contributed by atoms with Gasteiger partial charge < -0.3 is 5.32 Å². The highest BCUT2D eigenvalue weighted by molar-refractivity contribution is 9.10. The van der Waals surface area contributed by atoms with Crippen LogP contribution in [0.5, 0.6) is 0 Å². The van der Waals surface area contributed by atoms with Gasteiger partial charge in [-0.25, -0.2) is 15.0 Å². The van der Waals surface area contributed by atoms with Crippen LogP contribution in [0.25, 0.3) is 16.7 Å². The minimum absolute atomic E-state index is 0.134. The molecule has 4 heterocycles. The maximum Gasteiger partial charge on any atom is 0.231 e. The van der Waals surface area contributed by atoms with Crippen LogP contribution in [-0.2, 0) is 4.79 Å². The number of pyridine rings is 2. The molecule has 0 aliphatic carbocycles. The van der Waals surface area contributed by atoms with Crippen molar-refractivity contribution in [1.82, 2.24) is 19.5 Å². The van der Waals surface area contributed by atoms with Crippen LogP contribution in [0.4, 0.5) is 11.5 Å². The van der Waals surface area contributed by atoms with E-state index in [4.69, 9.17) is 4.99 Å². The predicted molar refractivity (Wildman–Crippen MR) is 115 cm³/mol. The van der Waals surface area contributed by atoms with Crippen LogP contribution in [0.1, 0.15) is 17.8 Å². The number of aryl methyl sites for hydroxylation is 1. The minimum Gasteiger partial charge on any atom is -0.309 e. The predicted octanol–water partition coefficient (Wildman–Crippen LogP) is 4.35. The van der Waals surface area contributed by atoms with Gasteiger partial charge in [-0.15, -0.1) is 0 Å². The van der Waals surface area contributed by atoms with Crippen molar-refractivity contribution in [2.45, 2.75) is 13.3 Å². The number of fused-ring (bicyclic) bond motifs is 2. The Labute approximate surface area is 174 Å². The Morgan fingerprint density at radius 1 is 1.14 bits per heavy atom. The average molecular weight is 447 g/mol. The smallest absolute Gasteiger partial charge is 0.231 e. The third-order valence-corrected chi connectivity index (χ3v) is 5.19. The number of rotatable bonds is 2. The SMILES string of the molecule is Cc1nc2cnccc2n1-c1ccc(C2=Nc3cc(Br)cnc3NC(=O)C2)cc1. The molecule has 0 bridgehead atoms. The largest absolute Gasteiger partial charge is 0.309 e. The Bertz CT molecular complexity index is 1290. The highest BCUT2D eigenvalue weighted by atomic mass is 79.9. The van der Waals surface area contributed by atoms with Gasteiger partial charge in [0.2, 0.25) is 5.91 Å². The number of aromatic nitrogens is 4. The van der Waals surface area contributed by atoms with E-state index in [-0.39, 0.29) is 12.3 Å². The monoisotopic (exact) mass is 446 g/mol. The lowest BCUT2D eigenvalue weighted by Gasteiger charge is -2.09. The van der Waals surface area contributed by atoms with Crippen molar-refractivity contribution in [1.29, 1.82) is 0 Å². The van der Waals surface area contributed by atoms with Crippen LogP contribution >= 0.6 is 15.9 Å². The van der Waals surface area contributed by atoms with E-state index in [2.05, 4.69) is 40.8 Å². The molecule has 1 N–H and O–H groups in total. The van der Waals surface area contributed by atoms with E-state index in [0.717, 1.165) is 32.6 Å². The summed E-state index contributed by atoms with van der Waals surface area (Å²) in [5, 5.41) is 2.81. The van der Waals surface area contributed by atoms with Gasteiger partial charge in [-0.3, -0.25) is 14.3 Å². The topological polar surface area (TPSA) is 85.1 Å². The lowest BCUT2D eigenvalue weighted by atomic mass is 10.1. The Balaban J connectivity index is 1.56. The third kappa shape index (κ3) is 3.21. The molecule has 0 saturated heterocycles. The number of aliphatic imine (C=N–C) groups is 1. The number of halogens is 1. The normalized spacial score (nSPS) is 13.6. The fourth-order valence-electron chi connectivity index (χ4n) is 3.47. The number of carbonyl (C=O) groups excluding carboxylic acids is 1. The molecule has 1 aromatic carbocycles. The van der Waals surface area contributed by atoms with Crippen LogP contribution in [0.15, 0.2) is 64.5 Å². The molecule has 0 spiro atoms. The molecule has 1 aliphatic heterocycles. The zero-order valence-corrected chi connectivity index (χ0v) is 17.0. The lowest BCUT2D eigenvalue weighted by molar-refractivity contribution is -0.115. The number of nitrogens with one attached hydrogen (secondary N) is 1. The summed E-state index contributed by atoms with van der Waals surface area (Å²) in [5.41, 5.74) is 5.07. The first kappa shape index (κ1) is 17.7. The molecule has 0 unspecified atom stereocenters. The number of amides is 1. The van der Waals surface area contributed by atoms with Gasteiger partial charge in [0.05, 0.1) is 23.8 Å². The van der Waals surface area contributed by atoms with E-state index in [1.165, 1.54) is 0 Å². The number of imidazole rings is 1. The summed E-state index contributed by atoms with van der Waals surface area (Å²) in [5.74, 6) is 1.22. The molecule has 1 aliphatic rings. The van der Waals surface area contributed by atoms with Crippen LogP contribution in [-0.4, -0.2) is 31.1 Å². The van der Waals surface area contributed by atoms with Gasteiger partial charge in [0, 0.05) is 22.6 Å². The molecule has 0 saturated carbocycles. The van der Waals surface area contributed by atoms with Gasteiger partial charge >= 0.3 is 0 Å². The Morgan fingerprint density at radius 2 is 1.97 bits per heavy atom. The number of hydrogen-bond acceptors (Lipinski definition) is 5. The summed E-state index contributed by atoms with van der Waals surface area (Å²) < 4.78 is 2.89. The van der Waals surface area contributed by atoms with E-state index in [1.54, 1.807) is 18.6 Å². The minimum atomic E-state index is -0.134. The molecular formula is C21H15BrN6O. The summed E-state index contributed by atoms with van der Waals surface area (Å²) >= 11 is 3.41. The van der Waals surface area contributed by atoms with E-state index < -0.39 is 0 Å². The van der Waals surface area contributed by atoms with Crippen molar-refractivity contribution in [2.24, 2.45) is 4.99 Å². The number of carbonyl (C=O) groups is 1. The second-order valence-electron chi connectivity index (χ2n) is 6.71. The average Bonchev–Trinajstić information content (AvgIpc) is 2.95. The van der Waals surface area contributed by atoms with Crippen LogP contribution in [0.2, 0.25) is 0 Å². The highest BCUT2D eigenvalue weighted by Crippen LogP contribution is 2.30. The van der Waals surface area contributed by atoms with Gasteiger partial charge in [0.15, 0.2) is 5.82 Å². The number of nitrogens with zero attached hydrogens (tertiary/aromatic N) is 5. The van der Waals surface area contributed by atoms with Crippen LogP contribution < -0.4 is 5.32 Å². The molecule has 0 fully saturated rings. The Morgan fingerprint density at radius 3 is 2.79 bits per heavy atom. The summed E-state index contributed by atoms with van der Waals surface area (Å²) in [6.45, 7) is 1.97. The standard InChI is InChI=1S/C21H15BrN6O/c1-12-25-18-11-23-7-6-19(18)28(12)15-4-2-13(3-5-15)16-9-20(29)27-21-17(26-16)8-14(22)10-24-21/h2-8,10-11H,9H2,1H3,(H,24,27,29). The summed E-state index contributed by atoms with van der Waals surface area (Å²) in [6.07, 6.45) is 5.35. The molecule has 8 heteroatoms. The first-order valence-electron chi connectivity index (χ1n) is 9.01. The number of anilines is 1. The van der Waals surface area contributed by atoms with Crippen molar-refractivity contribution in [3.63, 3.8) is 0 Å². The fourth-order valence-corrected chi connectivity index (χ4v) is 3.79. The van der Waals surface area contributed by atoms with Crippen molar-refractivity contribution in [3.05, 3.63) is 70.8 Å². The number of benzene rings is 1. The summed E-state index contributed by atoms with van der Waals surface area (Å²) in [4.78, 5) is 29.9. The van der Waals surface area contributed by atoms with E-state index >= 15 is 0 Å².